The van der Waals surface area contributed by atoms with Crippen LogP contribution in [0.25, 0.3) is 5.69 Å². The molecule has 6 N–H and O–H groups in total. The summed E-state index contributed by atoms with van der Waals surface area (Å²) in [6.07, 6.45) is 3.20. The van der Waals surface area contributed by atoms with E-state index in [1.54, 1.807) is 24.5 Å². The fourth-order valence-corrected chi connectivity index (χ4v) is 1.30. The number of aliphatic imine (C=N–C) groups is 2. The predicted octanol–water partition coefficient (Wildman–Crippen LogP) is -0.513. The molecule has 8 nitrogen and oxygen atoms in total. The van der Waals surface area contributed by atoms with Crippen molar-refractivity contribution < 1.29 is 0 Å². The van der Waals surface area contributed by atoms with Crippen LogP contribution in [0.2, 0.25) is 0 Å². The highest BCUT2D eigenvalue weighted by Gasteiger charge is 1.98. The van der Waals surface area contributed by atoms with Gasteiger partial charge in [-0.2, -0.15) is 20.0 Å². The van der Waals surface area contributed by atoms with Gasteiger partial charge < -0.3 is 17.2 Å². The Morgan fingerprint density at radius 1 is 1.00 bits per heavy atom. The van der Waals surface area contributed by atoms with Gasteiger partial charge in [-0.05, 0) is 24.3 Å². The predicted molar refractivity (Wildman–Crippen MR) is 68.5 cm³/mol. The van der Waals surface area contributed by atoms with Gasteiger partial charge in [-0.1, -0.05) is 0 Å². The zero-order chi connectivity index (χ0) is 13.0. The standard InChI is InChI=1S/C10H12N8/c11-9(12)17-10(13)16-7-1-3-8(4-2-7)18-14-5-6-15-18/h1-6H,(H6,11,12,13,16,17). The van der Waals surface area contributed by atoms with Gasteiger partial charge in [0.25, 0.3) is 0 Å². The molecule has 0 aliphatic carbocycles. The molecule has 0 aliphatic heterocycles. The van der Waals surface area contributed by atoms with Crippen molar-refractivity contribution in [3.05, 3.63) is 36.7 Å². The van der Waals surface area contributed by atoms with Gasteiger partial charge in [0.15, 0.2) is 5.96 Å². The first-order chi connectivity index (χ1) is 8.65. The number of hydrogen-bond acceptors (Lipinski definition) is 3. The summed E-state index contributed by atoms with van der Waals surface area (Å²) in [6.45, 7) is 0. The maximum atomic E-state index is 5.51. The van der Waals surface area contributed by atoms with E-state index in [1.165, 1.54) is 4.80 Å². The first-order valence-electron chi connectivity index (χ1n) is 5.06. The summed E-state index contributed by atoms with van der Waals surface area (Å²) in [5.74, 6) is -0.131. The van der Waals surface area contributed by atoms with E-state index in [1.807, 2.05) is 12.1 Å². The molecule has 18 heavy (non-hydrogen) atoms. The van der Waals surface area contributed by atoms with Gasteiger partial charge in [-0.25, -0.2) is 4.99 Å². The first-order valence-corrected chi connectivity index (χ1v) is 5.06. The molecule has 2 rings (SSSR count). The summed E-state index contributed by atoms with van der Waals surface area (Å²) in [6, 6.07) is 7.13. The summed E-state index contributed by atoms with van der Waals surface area (Å²) in [5.41, 5.74) is 17.3. The van der Waals surface area contributed by atoms with Crippen molar-refractivity contribution >= 4 is 17.6 Å². The third-order valence-corrected chi connectivity index (χ3v) is 1.99. The van der Waals surface area contributed by atoms with Crippen molar-refractivity contribution in [3.8, 4) is 5.69 Å². The summed E-state index contributed by atoms with van der Waals surface area (Å²) in [5, 5.41) is 8.01. The zero-order valence-electron chi connectivity index (χ0n) is 9.43. The lowest BCUT2D eigenvalue weighted by Gasteiger charge is -2.00. The number of nitrogens with two attached hydrogens (primary N) is 3. The second-order valence-electron chi connectivity index (χ2n) is 3.34. The van der Waals surface area contributed by atoms with Crippen LogP contribution in [0.4, 0.5) is 5.69 Å². The van der Waals surface area contributed by atoms with E-state index in [-0.39, 0.29) is 11.9 Å². The Hall–Kier alpha value is -2.90. The second kappa shape index (κ2) is 4.95. The zero-order valence-corrected chi connectivity index (χ0v) is 9.43. The molecular weight excluding hydrogens is 232 g/mol. The Labute approximate surface area is 103 Å². The van der Waals surface area contributed by atoms with Crippen LogP contribution < -0.4 is 17.2 Å². The van der Waals surface area contributed by atoms with Crippen LogP contribution in [-0.2, 0) is 0 Å². The van der Waals surface area contributed by atoms with Crippen LogP contribution in [0.15, 0.2) is 46.6 Å². The van der Waals surface area contributed by atoms with Crippen molar-refractivity contribution in [2.24, 2.45) is 27.2 Å². The van der Waals surface area contributed by atoms with Crippen LogP contribution in [0, 0.1) is 0 Å². The summed E-state index contributed by atoms with van der Waals surface area (Å²) >= 11 is 0. The minimum atomic E-state index is -0.131. The summed E-state index contributed by atoms with van der Waals surface area (Å²) < 4.78 is 0. The lowest BCUT2D eigenvalue weighted by molar-refractivity contribution is 0.752. The molecule has 0 saturated heterocycles. The van der Waals surface area contributed by atoms with Crippen molar-refractivity contribution in [2.45, 2.75) is 0 Å². The van der Waals surface area contributed by atoms with Gasteiger partial charge >= 0.3 is 0 Å². The van der Waals surface area contributed by atoms with Gasteiger partial charge in [0.1, 0.15) is 0 Å². The van der Waals surface area contributed by atoms with Crippen LogP contribution in [0.3, 0.4) is 0 Å². The Kier molecular flexibility index (Phi) is 3.19. The molecule has 0 amide bonds. The van der Waals surface area contributed by atoms with Crippen LogP contribution in [0.5, 0.6) is 0 Å². The van der Waals surface area contributed by atoms with Crippen LogP contribution in [-0.4, -0.2) is 26.9 Å². The molecule has 0 spiro atoms. The lowest BCUT2D eigenvalue weighted by atomic mass is 10.3. The van der Waals surface area contributed by atoms with E-state index in [0.29, 0.717) is 5.69 Å². The third-order valence-electron chi connectivity index (χ3n) is 1.99. The molecule has 92 valence electrons. The minimum Gasteiger partial charge on any atom is -0.370 e. The summed E-state index contributed by atoms with van der Waals surface area (Å²) in [4.78, 5) is 9.13. The number of nitrogens with zero attached hydrogens (tertiary/aromatic N) is 5. The van der Waals surface area contributed by atoms with Crippen molar-refractivity contribution in [2.75, 3.05) is 0 Å². The molecule has 0 unspecified atom stereocenters. The van der Waals surface area contributed by atoms with Crippen molar-refractivity contribution in [1.29, 1.82) is 0 Å². The average Bonchev–Trinajstić information content (AvgIpc) is 2.82. The first kappa shape index (κ1) is 11.6. The van der Waals surface area contributed by atoms with E-state index in [0.717, 1.165) is 5.69 Å². The average molecular weight is 244 g/mol. The Bertz CT molecular complexity index is 562. The third kappa shape index (κ3) is 2.82. The van der Waals surface area contributed by atoms with Gasteiger partial charge in [0.2, 0.25) is 5.96 Å². The molecule has 0 bridgehead atoms. The molecule has 1 aromatic carbocycles. The maximum Gasteiger partial charge on any atom is 0.223 e. The quantitative estimate of drug-likeness (QED) is 0.483. The number of rotatable bonds is 2. The molecule has 0 fully saturated rings. The van der Waals surface area contributed by atoms with Gasteiger partial charge in [0.05, 0.1) is 23.8 Å². The van der Waals surface area contributed by atoms with E-state index < -0.39 is 0 Å². The molecule has 1 heterocycles. The molecule has 0 radical (unpaired) electrons. The Morgan fingerprint density at radius 3 is 2.17 bits per heavy atom. The molecule has 8 heteroatoms. The molecule has 0 aliphatic rings. The smallest absolute Gasteiger partial charge is 0.223 e. The molecule has 0 atom stereocenters. The van der Waals surface area contributed by atoms with Crippen LogP contribution >= 0.6 is 0 Å². The van der Waals surface area contributed by atoms with Crippen LogP contribution in [0.1, 0.15) is 0 Å². The fourth-order valence-electron chi connectivity index (χ4n) is 1.30. The van der Waals surface area contributed by atoms with E-state index in [2.05, 4.69) is 20.2 Å². The topological polar surface area (TPSA) is 133 Å². The SMILES string of the molecule is NC(N)=NC(N)=Nc1ccc(-n2nccn2)cc1. The number of aromatic nitrogens is 3. The fraction of sp³-hybridized carbons (Fsp3) is 0. The van der Waals surface area contributed by atoms with Gasteiger partial charge in [0, 0.05) is 0 Å². The molecule has 2 aromatic rings. The van der Waals surface area contributed by atoms with Gasteiger partial charge in [-0.15, -0.1) is 0 Å². The normalized spacial score (nSPS) is 11.2. The second-order valence-corrected chi connectivity index (χ2v) is 3.34. The number of benzene rings is 1. The highest BCUT2D eigenvalue weighted by atomic mass is 15.5. The highest BCUT2D eigenvalue weighted by Crippen LogP contribution is 2.14. The Balaban J connectivity index is 2.21. The minimum absolute atomic E-state index is 0.0000332. The number of guanidine groups is 2. The molecule has 0 saturated carbocycles. The Morgan fingerprint density at radius 2 is 1.61 bits per heavy atom. The maximum absolute atomic E-state index is 5.51. The monoisotopic (exact) mass is 244 g/mol. The highest BCUT2D eigenvalue weighted by molar-refractivity contribution is 5.93. The van der Waals surface area contributed by atoms with E-state index >= 15 is 0 Å². The van der Waals surface area contributed by atoms with Crippen molar-refractivity contribution in [1.82, 2.24) is 15.0 Å². The van der Waals surface area contributed by atoms with Crippen molar-refractivity contribution in [3.63, 3.8) is 0 Å². The lowest BCUT2D eigenvalue weighted by Crippen LogP contribution is -2.26. The largest absolute Gasteiger partial charge is 0.370 e. The molecular formula is C10H12N8. The van der Waals surface area contributed by atoms with E-state index in [4.69, 9.17) is 17.2 Å². The summed E-state index contributed by atoms with van der Waals surface area (Å²) in [7, 11) is 0. The number of hydrogen-bond donors (Lipinski definition) is 3. The molecule has 1 aromatic heterocycles. The van der Waals surface area contributed by atoms with Gasteiger partial charge in [-0.3, -0.25) is 0 Å². The van der Waals surface area contributed by atoms with E-state index in [9.17, 15) is 0 Å².